The standard InChI is InChI=1S/C13H24N4S/c1-13(2,17(4)5)10-16-12(14-3)15-8-11-6-7-18-9-11/h6-7,9H,8,10H2,1-5H3,(H2,14,15,16). The van der Waals surface area contributed by atoms with Crippen LogP contribution in [0.1, 0.15) is 19.4 Å². The van der Waals surface area contributed by atoms with Gasteiger partial charge < -0.3 is 15.5 Å². The summed E-state index contributed by atoms with van der Waals surface area (Å²) in [4.78, 5) is 6.43. The summed E-state index contributed by atoms with van der Waals surface area (Å²) >= 11 is 1.71. The lowest BCUT2D eigenvalue weighted by molar-refractivity contribution is 0.197. The fraction of sp³-hybridized carbons (Fsp3) is 0.615. The molecule has 1 aromatic heterocycles. The molecule has 0 bridgehead atoms. The van der Waals surface area contributed by atoms with Crippen molar-refractivity contribution >= 4 is 17.3 Å². The first kappa shape index (κ1) is 15.0. The normalized spacial score (nSPS) is 12.9. The van der Waals surface area contributed by atoms with Gasteiger partial charge in [-0.25, -0.2) is 0 Å². The number of nitrogens with zero attached hydrogens (tertiary/aromatic N) is 2. The molecule has 0 aliphatic carbocycles. The van der Waals surface area contributed by atoms with Crippen LogP contribution in [0.3, 0.4) is 0 Å². The summed E-state index contributed by atoms with van der Waals surface area (Å²) in [6.07, 6.45) is 0. The second-order valence-electron chi connectivity index (χ2n) is 5.12. The van der Waals surface area contributed by atoms with E-state index in [4.69, 9.17) is 0 Å². The lowest BCUT2D eigenvalue weighted by Crippen LogP contribution is -2.50. The number of hydrogen-bond acceptors (Lipinski definition) is 3. The van der Waals surface area contributed by atoms with Crippen molar-refractivity contribution in [1.29, 1.82) is 0 Å². The molecule has 0 unspecified atom stereocenters. The van der Waals surface area contributed by atoms with Gasteiger partial charge in [-0.3, -0.25) is 4.99 Å². The molecule has 1 aromatic rings. The zero-order valence-electron chi connectivity index (χ0n) is 11.9. The number of aliphatic imine (C=N–C) groups is 1. The Bertz CT molecular complexity index is 368. The van der Waals surface area contributed by atoms with Gasteiger partial charge in [-0.15, -0.1) is 0 Å². The molecule has 1 heterocycles. The van der Waals surface area contributed by atoms with E-state index in [1.54, 1.807) is 18.4 Å². The molecule has 4 nitrogen and oxygen atoms in total. The number of nitrogens with one attached hydrogen (secondary N) is 2. The maximum atomic E-state index is 4.23. The maximum Gasteiger partial charge on any atom is 0.191 e. The predicted molar refractivity (Wildman–Crippen MR) is 80.3 cm³/mol. The minimum absolute atomic E-state index is 0.0972. The zero-order valence-corrected chi connectivity index (χ0v) is 12.8. The summed E-state index contributed by atoms with van der Waals surface area (Å²) in [5.74, 6) is 0.844. The average molecular weight is 268 g/mol. The van der Waals surface area contributed by atoms with E-state index >= 15 is 0 Å². The second kappa shape index (κ2) is 6.75. The van der Waals surface area contributed by atoms with Crippen LogP contribution in [-0.4, -0.2) is 44.1 Å². The van der Waals surface area contributed by atoms with E-state index < -0.39 is 0 Å². The SMILES string of the molecule is CN=C(NCc1ccsc1)NCC(C)(C)N(C)C. The molecular formula is C13H24N4S. The van der Waals surface area contributed by atoms with Gasteiger partial charge >= 0.3 is 0 Å². The Hall–Kier alpha value is -1.07. The highest BCUT2D eigenvalue weighted by atomic mass is 32.1. The molecule has 0 aromatic carbocycles. The van der Waals surface area contributed by atoms with E-state index in [2.05, 4.69) is 65.3 Å². The van der Waals surface area contributed by atoms with Crippen molar-refractivity contribution in [2.24, 2.45) is 4.99 Å². The van der Waals surface area contributed by atoms with Crippen LogP contribution in [0.25, 0.3) is 0 Å². The molecule has 0 aliphatic heterocycles. The molecule has 2 N–H and O–H groups in total. The van der Waals surface area contributed by atoms with Gasteiger partial charge in [0.25, 0.3) is 0 Å². The molecule has 0 saturated carbocycles. The van der Waals surface area contributed by atoms with Gasteiger partial charge in [0.15, 0.2) is 5.96 Å². The third kappa shape index (κ3) is 4.66. The van der Waals surface area contributed by atoms with Crippen LogP contribution in [0, 0.1) is 0 Å². The Morgan fingerprint density at radius 3 is 2.61 bits per heavy atom. The van der Waals surface area contributed by atoms with Crippen LogP contribution in [0.2, 0.25) is 0 Å². The van der Waals surface area contributed by atoms with Crippen LogP contribution in [-0.2, 0) is 6.54 Å². The van der Waals surface area contributed by atoms with E-state index in [0.717, 1.165) is 19.0 Å². The first-order chi connectivity index (χ1) is 8.45. The third-order valence-corrected chi connectivity index (χ3v) is 3.89. The highest BCUT2D eigenvalue weighted by Gasteiger charge is 2.20. The molecule has 0 fully saturated rings. The van der Waals surface area contributed by atoms with Crippen molar-refractivity contribution in [2.45, 2.75) is 25.9 Å². The molecule has 0 saturated heterocycles. The van der Waals surface area contributed by atoms with Crippen molar-refractivity contribution in [3.63, 3.8) is 0 Å². The first-order valence-corrected chi connectivity index (χ1v) is 7.03. The highest BCUT2D eigenvalue weighted by Crippen LogP contribution is 2.08. The number of guanidine groups is 1. The summed E-state index contributed by atoms with van der Waals surface area (Å²) in [6, 6.07) is 2.12. The summed E-state index contributed by atoms with van der Waals surface area (Å²) < 4.78 is 0. The van der Waals surface area contributed by atoms with Gasteiger partial charge in [0.05, 0.1) is 0 Å². The van der Waals surface area contributed by atoms with Crippen molar-refractivity contribution in [2.75, 3.05) is 27.7 Å². The minimum Gasteiger partial charge on any atom is -0.355 e. The quantitative estimate of drug-likeness (QED) is 0.631. The van der Waals surface area contributed by atoms with E-state index in [9.17, 15) is 0 Å². The maximum absolute atomic E-state index is 4.23. The Balaban J connectivity index is 2.39. The number of thiophene rings is 1. The van der Waals surface area contributed by atoms with Crippen LogP contribution >= 0.6 is 11.3 Å². The fourth-order valence-electron chi connectivity index (χ4n) is 1.26. The van der Waals surface area contributed by atoms with E-state index in [-0.39, 0.29) is 5.54 Å². The molecule has 5 heteroatoms. The summed E-state index contributed by atoms with van der Waals surface area (Å²) in [5, 5.41) is 10.9. The molecule has 0 atom stereocenters. The number of hydrogen-bond donors (Lipinski definition) is 2. The summed E-state index contributed by atoms with van der Waals surface area (Å²) in [5.41, 5.74) is 1.38. The van der Waals surface area contributed by atoms with Crippen molar-refractivity contribution in [3.05, 3.63) is 22.4 Å². The Morgan fingerprint density at radius 1 is 1.39 bits per heavy atom. The van der Waals surface area contributed by atoms with Crippen LogP contribution in [0.5, 0.6) is 0 Å². The zero-order chi connectivity index (χ0) is 13.6. The van der Waals surface area contributed by atoms with E-state index in [1.807, 2.05) is 0 Å². The Labute approximate surface area is 114 Å². The monoisotopic (exact) mass is 268 g/mol. The topological polar surface area (TPSA) is 39.7 Å². The van der Waals surface area contributed by atoms with E-state index in [1.165, 1.54) is 5.56 Å². The van der Waals surface area contributed by atoms with Gasteiger partial charge in [-0.05, 0) is 50.3 Å². The van der Waals surface area contributed by atoms with Gasteiger partial charge in [0.1, 0.15) is 0 Å². The molecular weight excluding hydrogens is 244 g/mol. The van der Waals surface area contributed by atoms with Crippen molar-refractivity contribution in [3.8, 4) is 0 Å². The fourth-order valence-corrected chi connectivity index (χ4v) is 1.93. The molecule has 102 valence electrons. The lowest BCUT2D eigenvalue weighted by atomic mass is 10.0. The smallest absolute Gasteiger partial charge is 0.191 e. The summed E-state index contributed by atoms with van der Waals surface area (Å²) in [6.45, 7) is 6.06. The Kier molecular flexibility index (Phi) is 5.62. The van der Waals surface area contributed by atoms with E-state index in [0.29, 0.717) is 0 Å². The molecule has 0 radical (unpaired) electrons. The van der Waals surface area contributed by atoms with Gasteiger partial charge in [0, 0.05) is 25.7 Å². The number of likely N-dealkylation sites (N-methyl/N-ethyl adjacent to an activating group) is 1. The first-order valence-electron chi connectivity index (χ1n) is 6.09. The molecule has 18 heavy (non-hydrogen) atoms. The lowest BCUT2D eigenvalue weighted by Gasteiger charge is -2.33. The number of rotatable bonds is 5. The van der Waals surface area contributed by atoms with Gasteiger partial charge in [-0.1, -0.05) is 0 Å². The highest BCUT2D eigenvalue weighted by molar-refractivity contribution is 7.07. The predicted octanol–water partition coefficient (Wildman–Crippen LogP) is 1.75. The second-order valence-corrected chi connectivity index (χ2v) is 5.90. The van der Waals surface area contributed by atoms with Gasteiger partial charge in [0.2, 0.25) is 0 Å². The third-order valence-electron chi connectivity index (χ3n) is 3.16. The Morgan fingerprint density at radius 2 is 2.11 bits per heavy atom. The van der Waals surface area contributed by atoms with Crippen LogP contribution < -0.4 is 10.6 Å². The molecule has 0 spiro atoms. The largest absolute Gasteiger partial charge is 0.355 e. The molecule has 1 rings (SSSR count). The van der Waals surface area contributed by atoms with Crippen LogP contribution in [0.15, 0.2) is 21.8 Å². The minimum atomic E-state index is 0.0972. The molecule has 0 amide bonds. The van der Waals surface area contributed by atoms with Crippen molar-refractivity contribution in [1.82, 2.24) is 15.5 Å². The van der Waals surface area contributed by atoms with Gasteiger partial charge in [-0.2, -0.15) is 11.3 Å². The van der Waals surface area contributed by atoms with Crippen LogP contribution in [0.4, 0.5) is 0 Å². The molecule has 0 aliphatic rings. The average Bonchev–Trinajstić information content (AvgIpc) is 2.82. The van der Waals surface area contributed by atoms with Crippen molar-refractivity contribution < 1.29 is 0 Å². The summed E-state index contributed by atoms with van der Waals surface area (Å²) in [7, 11) is 5.97.